The molecule has 4 fully saturated rings. The number of nitrogens with zero attached hydrogens (tertiary/aromatic N) is 4. The summed E-state index contributed by atoms with van der Waals surface area (Å²) in [7, 11) is -8.03. The van der Waals surface area contributed by atoms with E-state index < -0.39 is 88.3 Å². The summed E-state index contributed by atoms with van der Waals surface area (Å²) in [6.45, 7) is 20.0. The average Bonchev–Trinajstić information content (AvgIpc) is 3.89. The van der Waals surface area contributed by atoms with Crippen LogP contribution >= 0.6 is 0 Å². The standard InChI is InChI=1S/C22H35N4O11.C14H22NO3.3Na.H2O4S.O3S.Y/c1-3-4-5-12-10-26(25-24-12)6-7-33-8-9-34-22-17(30)16(29)18(19(37-22)20(31)32)36-21-13(23)15(28)14(27)11(2)35-21;1-6-15-13(16)9-10(14(15)17)12(8(4)5)18-11(9)7(2)3;;;;1-5(2,3)4;1-4(2)3;/h10-11,13-19,21-23,27-30H,1-9H2,(H,31,32);7-12H,1,6H2,2-5H3;;;;(H2,1,2,3,4);;/q-3;-1;3*+1;;;/p-2/t11?,13?,14-,15-,16-,17?,18+,19?,21-,22-;9-,10+,11-,12+;;;;;;/m1......./s1. The third-order valence-corrected chi connectivity index (χ3v) is 10.1. The molecule has 1 aromatic rings. The van der Waals surface area contributed by atoms with Crippen molar-refractivity contribution < 1.29 is 220 Å². The number of carboxylic acid groups (broad SMARTS) is 1. The van der Waals surface area contributed by atoms with Crippen molar-refractivity contribution in [2.75, 3.05) is 26.4 Å². The molecule has 5 rings (SSSR count). The van der Waals surface area contributed by atoms with Gasteiger partial charge in [0.2, 0.25) is 22.2 Å². The molecule has 4 aliphatic rings. The van der Waals surface area contributed by atoms with Crippen molar-refractivity contribution in [1.29, 1.82) is 0 Å². The van der Waals surface area contributed by atoms with E-state index in [0.29, 0.717) is 13.2 Å². The third-order valence-electron chi connectivity index (χ3n) is 10.1. The Bertz CT molecular complexity index is 1840. The quantitative estimate of drug-likeness (QED) is 0.0256. The number of carboxylic acids is 1. The van der Waals surface area contributed by atoms with Crippen molar-refractivity contribution in [3.8, 4) is 0 Å². The fourth-order valence-corrected chi connectivity index (χ4v) is 7.05. The number of hydrogen-bond donors (Lipinski definition) is 5. The number of ether oxygens (including phenoxy) is 6. The Morgan fingerprint density at radius 1 is 0.897 bits per heavy atom. The van der Waals surface area contributed by atoms with E-state index in [9.17, 15) is 39.9 Å². The molecule has 6 N–H and O–H groups in total. The van der Waals surface area contributed by atoms with Crippen molar-refractivity contribution in [3.63, 3.8) is 0 Å². The van der Waals surface area contributed by atoms with Crippen LogP contribution in [0.25, 0.3) is 5.73 Å². The zero-order chi connectivity index (χ0) is 48.8. The Hall–Kier alpha value is 0.904. The fraction of sp³-hybridized carbons (Fsp3) is 0.778. The maximum absolute atomic E-state index is 12.3. The van der Waals surface area contributed by atoms with Crippen molar-refractivity contribution in [2.45, 2.75) is 127 Å². The number of aromatic nitrogens is 3. The van der Waals surface area contributed by atoms with E-state index in [0.717, 1.165) is 25.0 Å². The summed E-state index contributed by atoms with van der Waals surface area (Å²) >= 11 is 0. The van der Waals surface area contributed by atoms with Crippen LogP contribution in [-0.4, -0.2) is 188 Å². The molecule has 1 radical (unpaired) electrons. The maximum atomic E-state index is 12.3. The number of amides is 2. The van der Waals surface area contributed by atoms with Crippen molar-refractivity contribution in [1.82, 2.24) is 19.9 Å². The fourth-order valence-electron chi connectivity index (χ4n) is 7.05. The van der Waals surface area contributed by atoms with Gasteiger partial charge in [0, 0.05) is 38.9 Å². The topological polar surface area (TPSA) is 397 Å². The van der Waals surface area contributed by atoms with Crippen LogP contribution in [0.5, 0.6) is 0 Å². The van der Waals surface area contributed by atoms with Crippen LogP contribution in [0.2, 0.25) is 0 Å². The third kappa shape index (κ3) is 22.8. The number of nitrogens with one attached hydrogen (secondary N) is 1. The monoisotopic (exact) mass is 1120 g/mol. The van der Waals surface area contributed by atoms with Crippen LogP contribution in [0.15, 0.2) is 6.20 Å². The second-order valence-electron chi connectivity index (χ2n) is 15.4. The molecule has 0 spiro atoms. The van der Waals surface area contributed by atoms with Gasteiger partial charge in [0.15, 0.2) is 6.29 Å². The maximum Gasteiger partial charge on any atom is 1.00 e. The first kappa shape index (κ1) is 73.1. The number of imide groups is 1. The minimum Gasteiger partial charge on any atom is -0.726 e. The number of fused-ring (bicyclic) bond motifs is 1. The molecule has 4 unspecified atom stereocenters. The summed E-state index contributed by atoms with van der Waals surface area (Å²) in [6.07, 6.45) is -10.5. The van der Waals surface area contributed by atoms with Crippen molar-refractivity contribution in [2.24, 2.45) is 23.7 Å². The van der Waals surface area contributed by atoms with E-state index in [-0.39, 0.29) is 189 Å². The van der Waals surface area contributed by atoms with Gasteiger partial charge in [-0.05, 0) is 24.4 Å². The molecule has 4 saturated heterocycles. The number of carbonyl (C=O) groups excluding carboxylic acids is 3. The molecule has 4 aliphatic heterocycles. The number of carbonyl (C=O) groups is 3. The van der Waals surface area contributed by atoms with Gasteiger partial charge in [0.1, 0.15) is 30.7 Å². The summed E-state index contributed by atoms with van der Waals surface area (Å²) in [6, 6.07) is -1.55. The van der Waals surface area contributed by atoms with Crippen LogP contribution in [0.1, 0.15) is 46.2 Å². The van der Waals surface area contributed by atoms with Crippen molar-refractivity contribution >= 4 is 38.8 Å². The number of rotatable bonds is 16. The number of unbranched alkanes of at least 4 members (excludes halogenated alkanes) is 1. The SMILES string of the molecule is O=S(=O)([O-])O.O=S(=O)=O.[CH2-]CCCc1cn(CCOCCO[C@@H]2OC(C(=O)[O-])[C@@H](O[C@H]3OC([CH2-])[C@@H](O)[C@H](O)C3[NH-])[C@H](O)C2O)nn1.[CH2-]CN1C(=O)[C@@H]2[C@H](C1=O)[C@H](C(C)C)O[C@@H]2C(C)C.[Na+].[Na+].[Na+].[Y]. The molecule has 0 bridgehead atoms. The minimum atomic E-state index is -4.92. The van der Waals surface area contributed by atoms with Gasteiger partial charge in [0.25, 0.3) is 0 Å². The predicted molar refractivity (Wildman–Crippen MR) is 209 cm³/mol. The molecule has 0 aliphatic carbocycles. The molecular formula is C36H57N5Na3O21S2Y-3. The molecule has 373 valence electrons. The van der Waals surface area contributed by atoms with Gasteiger partial charge in [-0.2, -0.15) is 6.42 Å². The zero-order valence-corrected chi connectivity index (χ0v) is 49.5. The molecule has 26 nitrogen and oxygen atoms in total. The molecule has 0 saturated carbocycles. The number of likely N-dealkylation sites (tertiary alicyclic amines) is 1. The first-order valence-corrected chi connectivity index (χ1v) is 22.2. The molecular weight excluding hydrogens is 1060 g/mol. The van der Waals surface area contributed by atoms with Gasteiger partial charge in [-0.15, -0.1) is 17.7 Å². The first-order chi connectivity index (χ1) is 29.8. The Labute approximate surface area is 488 Å². The van der Waals surface area contributed by atoms with E-state index in [4.69, 9.17) is 64.3 Å². The summed E-state index contributed by atoms with van der Waals surface area (Å²) < 4.78 is 92.5. The molecule has 14 atom stereocenters. The number of hydrogen-bond acceptors (Lipinski definition) is 22. The van der Waals surface area contributed by atoms with Gasteiger partial charge in [0.05, 0.1) is 74.3 Å². The van der Waals surface area contributed by atoms with Crippen LogP contribution in [0, 0.1) is 44.4 Å². The Kier molecular flexibility index (Phi) is 37.9. The number of aliphatic hydroxyl groups excluding tert-OH is 4. The summed E-state index contributed by atoms with van der Waals surface area (Å²) in [5.74, 6) is -2.08. The van der Waals surface area contributed by atoms with Crippen LogP contribution in [0.4, 0.5) is 0 Å². The van der Waals surface area contributed by atoms with Gasteiger partial charge in [-0.25, -0.2) is 13.1 Å². The smallest absolute Gasteiger partial charge is 0.726 e. The van der Waals surface area contributed by atoms with E-state index in [1.54, 1.807) is 4.68 Å². The first-order valence-electron chi connectivity index (χ1n) is 19.8. The molecule has 32 heteroatoms. The predicted octanol–water partition coefficient (Wildman–Crippen LogP) is -12.7. The molecule has 1 aromatic heterocycles. The van der Waals surface area contributed by atoms with Gasteiger partial charge in [-0.1, -0.05) is 51.9 Å². The normalized spacial score (nSPS) is 30.6. The van der Waals surface area contributed by atoms with E-state index in [1.807, 2.05) is 33.9 Å². The van der Waals surface area contributed by atoms with Gasteiger partial charge >= 0.3 is 99.3 Å². The van der Waals surface area contributed by atoms with Gasteiger partial charge < -0.3 is 94.7 Å². The van der Waals surface area contributed by atoms with Gasteiger partial charge in [-0.3, -0.25) is 14.1 Å². The van der Waals surface area contributed by atoms with Crippen molar-refractivity contribution in [3.05, 3.63) is 38.4 Å². The molecule has 5 heterocycles. The average molecular weight is 1120 g/mol. The molecule has 2 amide bonds. The second-order valence-corrected chi connectivity index (χ2v) is 16.6. The van der Waals surface area contributed by atoms with Crippen LogP contribution < -0.4 is 93.8 Å². The number of aliphatic carboxylic acids is 1. The molecule has 0 aromatic carbocycles. The summed E-state index contributed by atoms with van der Waals surface area (Å²) in [5, 5.41) is 60.4. The Morgan fingerprint density at radius 2 is 1.41 bits per heavy atom. The summed E-state index contributed by atoms with van der Waals surface area (Å²) in [5.41, 5.74) is 8.81. The molecule has 68 heavy (non-hydrogen) atoms. The second kappa shape index (κ2) is 35.2. The van der Waals surface area contributed by atoms with E-state index >= 15 is 0 Å². The van der Waals surface area contributed by atoms with E-state index in [2.05, 4.69) is 31.1 Å². The zero-order valence-electron chi connectivity index (χ0n) is 39.0. The van der Waals surface area contributed by atoms with Crippen LogP contribution in [-0.2, 0) is 109 Å². The van der Waals surface area contributed by atoms with E-state index in [1.165, 1.54) is 4.90 Å². The Balaban J connectivity index is -0.00000114. The summed E-state index contributed by atoms with van der Waals surface area (Å²) in [4.78, 5) is 37.6. The number of aryl methyl sites for hydroxylation is 1. The Morgan fingerprint density at radius 3 is 1.87 bits per heavy atom. The minimum absolute atomic E-state index is 0. The largest absolute Gasteiger partial charge is 1.00 e. The van der Waals surface area contributed by atoms with Crippen LogP contribution in [0.3, 0.4) is 0 Å². The number of aliphatic hydroxyl groups is 4.